The first-order valence-electron chi connectivity index (χ1n) is 9.04. The monoisotopic (exact) mass is 446 g/mol. The van der Waals surface area contributed by atoms with Gasteiger partial charge < -0.3 is 0 Å². The second kappa shape index (κ2) is 8.49. The number of hydrogen-bond acceptors (Lipinski definition) is 5. The van der Waals surface area contributed by atoms with Crippen molar-refractivity contribution in [3.05, 3.63) is 72.8 Å². The van der Waals surface area contributed by atoms with Crippen LogP contribution < -0.4 is 4.80 Å². The molecule has 29 heavy (non-hydrogen) atoms. The zero-order chi connectivity index (χ0) is 20.4. The molecule has 1 saturated carbocycles. The van der Waals surface area contributed by atoms with Gasteiger partial charge in [-0.3, -0.25) is 10.1 Å². The van der Waals surface area contributed by atoms with Crippen molar-refractivity contribution in [2.75, 3.05) is 0 Å². The lowest BCUT2D eigenvalue weighted by Crippen LogP contribution is -2.13. The van der Waals surface area contributed by atoms with Gasteiger partial charge in [-0.25, -0.2) is 9.67 Å². The quantitative estimate of drug-likeness (QED) is 0.341. The number of halogens is 2. The summed E-state index contributed by atoms with van der Waals surface area (Å²) in [7, 11) is 0. The van der Waals surface area contributed by atoms with Crippen molar-refractivity contribution in [3.8, 4) is 11.3 Å². The van der Waals surface area contributed by atoms with E-state index < -0.39 is 4.92 Å². The van der Waals surface area contributed by atoms with Crippen LogP contribution in [0.1, 0.15) is 25.7 Å². The van der Waals surface area contributed by atoms with Crippen LogP contribution in [0.5, 0.6) is 0 Å². The van der Waals surface area contributed by atoms with Gasteiger partial charge in [-0.2, -0.15) is 5.10 Å². The minimum atomic E-state index is -0.436. The number of nitrogens with zero attached hydrogens (tertiary/aromatic N) is 4. The molecule has 0 aliphatic heterocycles. The Bertz CT molecular complexity index is 1180. The summed E-state index contributed by atoms with van der Waals surface area (Å²) in [5.41, 5.74) is 2.79. The molecule has 1 aliphatic carbocycles. The van der Waals surface area contributed by atoms with Crippen LogP contribution in [-0.2, 0) is 0 Å². The Kier molecular flexibility index (Phi) is 5.80. The Balaban J connectivity index is 1.94. The highest BCUT2D eigenvalue weighted by molar-refractivity contribution is 7.07. The fourth-order valence-electron chi connectivity index (χ4n) is 3.19. The fourth-order valence-corrected chi connectivity index (χ4v) is 4.41. The van der Waals surface area contributed by atoms with Gasteiger partial charge in [-0.05, 0) is 49.9 Å². The summed E-state index contributed by atoms with van der Waals surface area (Å²) in [5.74, 6) is 0. The maximum Gasteiger partial charge on any atom is 0.294 e. The van der Waals surface area contributed by atoms with Crippen LogP contribution in [0.4, 0.5) is 11.4 Å². The zero-order valence-corrected chi connectivity index (χ0v) is 17.5. The third-order valence-electron chi connectivity index (χ3n) is 4.61. The number of benzene rings is 2. The molecule has 1 fully saturated rings. The second-order valence-corrected chi connectivity index (χ2v) is 8.25. The summed E-state index contributed by atoms with van der Waals surface area (Å²) in [6, 6.07) is 11.7. The number of aromatic nitrogens is 1. The van der Waals surface area contributed by atoms with Crippen LogP contribution in [0.15, 0.2) is 57.9 Å². The normalized spacial score (nSPS) is 14.4. The molecule has 0 N–H and O–H groups in total. The van der Waals surface area contributed by atoms with E-state index in [1.165, 1.54) is 17.4 Å². The van der Waals surface area contributed by atoms with E-state index in [4.69, 9.17) is 28.3 Å². The van der Waals surface area contributed by atoms with Crippen molar-refractivity contribution < 1.29 is 4.92 Å². The van der Waals surface area contributed by atoms with E-state index in [1.54, 1.807) is 41.1 Å². The Labute approximate surface area is 180 Å². The molecule has 9 heteroatoms. The predicted molar refractivity (Wildman–Crippen MR) is 117 cm³/mol. The number of rotatable bonds is 4. The van der Waals surface area contributed by atoms with Crippen LogP contribution in [0, 0.1) is 10.1 Å². The molecule has 0 radical (unpaired) electrons. The Morgan fingerprint density at radius 2 is 1.86 bits per heavy atom. The van der Waals surface area contributed by atoms with E-state index in [2.05, 4.69) is 4.99 Å². The Morgan fingerprint density at radius 3 is 2.62 bits per heavy atom. The van der Waals surface area contributed by atoms with E-state index in [1.807, 2.05) is 5.38 Å². The Morgan fingerprint density at radius 1 is 1.10 bits per heavy atom. The molecule has 148 valence electrons. The highest BCUT2D eigenvalue weighted by atomic mass is 35.5. The van der Waals surface area contributed by atoms with Gasteiger partial charge in [0.1, 0.15) is 5.69 Å². The molecule has 0 saturated heterocycles. The van der Waals surface area contributed by atoms with Crippen molar-refractivity contribution in [1.29, 1.82) is 0 Å². The van der Waals surface area contributed by atoms with Crippen molar-refractivity contribution in [1.82, 2.24) is 4.68 Å². The molecule has 1 aliphatic rings. The van der Waals surface area contributed by atoms with E-state index in [9.17, 15) is 10.1 Å². The van der Waals surface area contributed by atoms with Crippen LogP contribution in [0.3, 0.4) is 0 Å². The molecule has 2 aromatic carbocycles. The van der Waals surface area contributed by atoms with E-state index in [0.29, 0.717) is 14.8 Å². The predicted octanol–water partition coefficient (Wildman–Crippen LogP) is 6.44. The van der Waals surface area contributed by atoms with Gasteiger partial charge in [0, 0.05) is 27.7 Å². The molecule has 6 nitrogen and oxygen atoms in total. The van der Waals surface area contributed by atoms with Crippen molar-refractivity contribution >= 4 is 51.6 Å². The van der Waals surface area contributed by atoms with Gasteiger partial charge in [0.15, 0.2) is 0 Å². The second-order valence-electron chi connectivity index (χ2n) is 6.57. The number of para-hydroxylation sites is 2. The molecular formula is C20H16Cl2N4O2S. The van der Waals surface area contributed by atoms with Crippen LogP contribution in [0.25, 0.3) is 11.3 Å². The first kappa shape index (κ1) is 19.8. The number of hydrogen-bond donors (Lipinski definition) is 0. The lowest BCUT2D eigenvalue weighted by atomic mass is 10.2. The average Bonchev–Trinajstić information content (AvgIpc) is 3.35. The number of nitro benzene ring substituents is 1. The Hall–Kier alpha value is -2.48. The summed E-state index contributed by atoms with van der Waals surface area (Å²) in [4.78, 5) is 16.0. The van der Waals surface area contributed by atoms with E-state index in [0.717, 1.165) is 42.7 Å². The van der Waals surface area contributed by atoms with E-state index in [-0.39, 0.29) is 11.4 Å². The maximum absolute atomic E-state index is 11.4. The maximum atomic E-state index is 11.4. The summed E-state index contributed by atoms with van der Waals surface area (Å²) < 4.78 is 1.72. The lowest BCUT2D eigenvalue weighted by molar-refractivity contribution is -0.384. The number of nitro groups is 1. The summed E-state index contributed by atoms with van der Waals surface area (Å²) in [5, 5.41) is 19.2. The summed E-state index contributed by atoms with van der Waals surface area (Å²) in [6.07, 6.45) is 4.06. The SMILES string of the molecule is O=[N+]([O-])c1ccccc1N=c1scc(-c2cc(Cl)ccc2Cl)n1N=C1CCCC1. The van der Waals surface area contributed by atoms with Gasteiger partial charge in [-0.1, -0.05) is 35.3 Å². The molecule has 0 spiro atoms. The van der Waals surface area contributed by atoms with Crippen molar-refractivity contribution in [2.45, 2.75) is 25.7 Å². The molecular weight excluding hydrogens is 431 g/mol. The van der Waals surface area contributed by atoms with Crippen LogP contribution >= 0.6 is 34.5 Å². The largest absolute Gasteiger partial charge is 0.294 e. The molecule has 1 heterocycles. The van der Waals surface area contributed by atoms with Gasteiger partial charge in [0.2, 0.25) is 4.80 Å². The smallest absolute Gasteiger partial charge is 0.258 e. The first-order chi connectivity index (χ1) is 14.0. The topological polar surface area (TPSA) is 72.8 Å². The van der Waals surface area contributed by atoms with Crippen molar-refractivity contribution in [2.24, 2.45) is 10.1 Å². The summed E-state index contributed by atoms with van der Waals surface area (Å²) >= 11 is 14.0. The molecule has 0 bridgehead atoms. The molecule has 3 aromatic rings. The average molecular weight is 447 g/mol. The zero-order valence-electron chi connectivity index (χ0n) is 15.2. The highest BCUT2D eigenvalue weighted by Gasteiger charge is 2.16. The standard InChI is InChI=1S/C20H16Cl2N4O2S/c21-13-9-10-16(22)15(11-13)19-12-29-20(25(19)24-14-5-1-2-6-14)23-17-7-3-4-8-18(17)26(27)28/h3-4,7-12H,1-2,5-6H2. The summed E-state index contributed by atoms with van der Waals surface area (Å²) in [6.45, 7) is 0. The molecule has 0 atom stereocenters. The number of thiazole rings is 1. The first-order valence-corrected chi connectivity index (χ1v) is 10.7. The van der Waals surface area contributed by atoms with Gasteiger partial charge in [-0.15, -0.1) is 11.3 Å². The fraction of sp³-hybridized carbons (Fsp3) is 0.200. The molecule has 1 aromatic heterocycles. The van der Waals surface area contributed by atoms with Crippen LogP contribution in [-0.4, -0.2) is 15.3 Å². The molecule has 4 rings (SSSR count). The minimum Gasteiger partial charge on any atom is -0.258 e. The van der Waals surface area contributed by atoms with Gasteiger partial charge in [0.05, 0.1) is 15.6 Å². The third kappa shape index (κ3) is 4.27. The van der Waals surface area contributed by atoms with Gasteiger partial charge in [0.25, 0.3) is 5.69 Å². The molecule has 0 unspecified atom stereocenters. The highest BCUT2D eigenvalue weighted by Crippen LogP contribution is 2.32. The van der Waals surface area contributed by atoms with Crippen LogP contribution in [0.2, 0.25) is 10.0 Å². The van der Waals surface area contributed by atoms with Crippen molar-refractivity contribution in [3.63, 3.8) is 0 Å². The minimum absolute atomic E-state index is 0.0525. The lowest BCUT2D eigenvalue weighted by Gasteiger charge is -2.07. The third-order valence-corrected chi connectivity index (χ3v) is 5.99. The van der Waals surface area contributed by atoms with E-state index >= 15 is 0 Å². The molecule has 0 amide bonds. The van der Waals surface area contributed by atoms with Gasteiger partial charge >= 0.3 is 0 Å².